The predicted molar refractivity (Wildman–Crippen MR) is 56.0 cm³/mol. The standard InChI is InChI=1S/C6H6N8O2S/c1-13-6(10-11-12-13)17-5-3(14(15)16)4(7)8-2-9-5/h2H,1H3,(H2,7,8,9). The van der Waals surface area contributed by atoms with E-state index in [1.807, 2.05) is 0 Å². The van der Waals surface area contributed by atoms with E-state index in [-0.39, 0.29) is 16.5 Å². The second-order valence-corrected chi connectivity index (χ2v) is 3.81. The minimum atomic E-state index is -0.637. The Morgan fingerprint density at radius 3 is 2.88 bits per heavy atom. The summed E-state index contributed by atoms with van der Waals surface area (Å²) in [7, 11) is 1.61. The van der Waals surface area contributed by atoms with Crippen LogP contribution in [0.25, 0.3) is 0 Å². The monoisotopic (exact) mass is 254 g/mol. The van der Waals surface area contributed by atoms with Crippen LogP contribution < -0.4 is 5.73 Å². The van der Waals surface area contributed by atoms with Gasteiger partial charge in [-0.2, -0.15) is 0 Å². The molecule has 0 fully saturated rings. The van der Waals surface area contributed by atoms with Gasteiger partial charge in [-0.1, -0.05) is 0 Å². The fourth-order valence-electron chi connectivity index (χ4n) is 1.02. The third kappa shape index (κ3) is 2.13. The second-order valence-electron chi connectivity index (χ2n) is 2.86. The van der Waals surface area contributed by atoms with Crippen LogP contribution in [0.2, 0.25) is 0 Å². The van der Waals surface area contributed by atoms with Crippen molar-refractivity contribution < 1.29 is 4.92 Å². The first kappa shape index (κ1) is 11.2. The van der Waals surface area contributed by atoms with Gasteiger partial charge < -0.3 is 5.73 Å². The molecule has 0 radical (unpaired) electrons. The Morgan fingerprint density at radius 2 is 2.29 bits per heavy atom. The van der Waals surface area contributed by atoms with Gasteiger partial charge in [-0.25, -0.2) is 14.6 Å². The Morgan fingerprint density at radius 1 is 1.53 bits per heavy atom. The Kier molecular flexibility index (Phi) is 2.82. The fourth-order valence-corrected chi connectivity index (χ4v) is 1.81. The molecule has 88 valence electrons. The van der Waals surface area contributed by atoms with Crippen molar-refractivity contribution in [1.29, 1.82) is 0 Å². The van der Waals surface area contributed by atoms with E-state index < -0.39 is 4.92 Å². The van der Waals surface area contributed by atoms with Gasteiger partial charge in [-0.15, -0.1) is 5.10 Å². The maximum absolute atomic E-state index is 10.8. The highest BCUT2D eigenvalue weighted by Gasteiger charge is 2.23. The molecule has 17 heavy (non-hydrogen) atoms. The molecule has 0 aliphatic rings. The Labute approximate surface area is 98.4 Å². The third-order valence-electron chi connectivity index (χ3n) is 1.77. The van der Waals surface area contributed by atoms with Crippen LogP contribution in [0.1, 0.15) is 0 Å². The van der Waals surface area contributed by atoms with Crippen LogP contribution in [-0.4, -0.2) is 35.1 Å². The lowest BCUT2D eigenvalue weighted by Crippen LogP contribution is -2.02. The highest BCUT2D eigenvalue weighted by molar-refractivity contribution is 7.99. The Hall–Kier alpha value is -2.30. The SMILES string of the molecule is Cn1nnnc1Sc1ncnc(N)c1[N+](=O)[O-]. The molecule has 0 spiro atoms. The van der Waals surface area contributed by atoms with Crippen molar-refractivity contribution >= 4 is 23.3 Å². The summed E-state index contributed by atoms with van der Waals surface area (Å²) in [6, 6.07) is 0. The van der Waals surface area contributed by atoms with E-state index in [4.69, 9.17) is 5.73 Å². The van der Waals surface area contributed by atoms with Crippen LogP contribution in [0.15, 0.2) is 16.5 Å². The number of nitrogen functional groups attached to an aromatic ring is 1. The van der Waals surface area contributed by atoms with E-state index in [0.717, 1.165) is 18.1 Å². The molecule has 0 saturated heterocycles. The molecule has 0 aromatic carbocycles. The zero-order chi connectivity index (χ0) is 12.4. The number of rotatable bonds is 3. The van der Waals surface area contributed by atoms with Crippen LogP contribution in [-0.2, 0) is 7.05 Å². The highest BCUT2D eigenvalue weighted by Crippen LogP contribution is 2.33. The summed E-state index contributed by atoms with van der Waals surface area (Å²) < 4.78 is 1.37. The summed E-state index contributed by atoms with van der Waals surface area (Å²) in [5, 5.41) is 22.0. The van der Waals surface area contributed by atoms with Crippen molar-refractivity contribution in [1.82, 2.24) is 30.2 Å². The number of aryl methyl sites for hydroxylation is 1. The highest BCUT2D eigenvalue weighted by atomic mass is 32.2. The van der Waals surface area contributed by atoms with Gasteiger partial charge in [-0.05, 0) is 22.2 Å². The van der Waals surface area contributed by atoms with Gasteiger partial charge in [0.1, 0.15) is 6.33 Å². The lowest BCUT2D eigenvalue weighted by atomic mass is 10.5. The average Bonchev–Trinajstić information content (AvgIpc) is 2.64. The number of aromatic nitrogens is 6. The summed E-state index contributed by atoms with van der Waals surface area (Å²) in [5.41, 5.74) is 5.08. The molecule has 0 bridgehead atoms. The molecule has 0 aliphatic heterocycles. The molecule has 2 N–H and O–H groups in total. The van der Waals surface area contributed by atoms with Crippen molar-refractivity contribution in [2.45, 2.75) is 10.2 Å². The van der Waals surface area contributed by atoms with Gasteiger partial charge in [0.15, 0.2) is 5.03 Å². The number of nitrogens with two attached hydrogens (primary N) is 1. The van der Waals surface area contributed by atoms with Crippen LogP contribution in [0.5, 0.6) is 0 Å². The lowest BCUT2D eigenvalue weighted by molar-refractivity contribution is -0.387. The van der Waals surface area contributed by atoms with Gasteiger partial charge in [0.2, 0.25) is 11.0 Å². The summed E-state index contributed by atoms with van der Waals surface area (Å²) in [5.74, 6) is -0.192. The number of tetrazole rings is 1. The largest absolute Gasteiger partial charge is 0.378 e. The van der Waals surface area contributed by atoms with Gasteiger partial charge in [-0.3, -0.25) is 10.1 Å². The number of anilines is 1. The molecule has 2 aromatic rings. The molecule has 2 heterocycles. The van der Waals surface area contributed by atoms with Gasteiger partial charge in [0.25, 0.3) is 0 Å². The van der Waals surface area contributed by atoms with E-state index in [2.05, 4.69) is 25.5 Å². The molecule has 0 aliphatic carbocycles. The van der Waals surface area contributed by atoms with E-state index in [1.54, 1.807) is 7.05 Å². The number of nitro groups is 1. The van der Waals surface area contributed by atoms with Gasteiger partial charge >= 0.3 is 5.69 Å². The quantitative estimate of drug-likeness (QED) is 0.441. The summed E-state index contributed by atoms with van der Waals surface area (Å²) in [6.45, 7) is 0. The van der Waals surface area contributed by atoms with Crippen LogP contribution in [0.3, 0.4) is 0 Å². The van der Waals surface area contributed by atoms with E-state index in [1.165, 1.54) is 4.68 Å². The first-order chi connectivity index (χ1) is 8.09. The molecule has 10 nitrogen and oxygen atoms in total. The molecular weight excluding hydrogens is 248 g/mol. The molecule has 0 atom stereocenters. The van der Waals surface area contributed by atoms with Crippen molar-refractivity contribution in [2.24, 2.45) is 7.05 Å². The maximum Gasteiger partial charge on any atom is 0.343 e. The molecule has 2 aromatic heterocycles. The Bertz CT molecular complexity index is 569. The first-order valence-electron chi connectivity index (χ1n) is 4.24. The molecule has 0 amide bonds. The zero-order valence-electron chi connectivity index (χ0n) is 8.51. The van der Waals surface area contributed by atoms with Crippen molar-refractivity contribution in [3.63, 3.8) is 0 Å². The molecule has 0 saturated carbocycles. The molecule has 2 rings (SSSR count). The van der Waals surface area contributed by atoms with E-state index >= 15 is 0 Å². The molecular formula is C6H6N8O2S. The van der Waals surface area contributed by atoms with E-state index in [9.17, 15) is 10.1 Å². The lowest BCUT2D eigenvalue weighted by Gasteiger charge is -2.01. The van der Waals surface area contributed by atoms with Crippen LogP contribution in [0.4, 0.5) is 11.5 Å². The molecule has 11 heteroatoms. The normalized spacial score (nSPS) is 10.4. The summed E-state index contributed by atoms with van der Waals surface area (Å²) >= 11 is 0.944. The van der Waals surface area contributed by atoms with Crippen LogP contribution >= 0.6 is 11.8 Å². The number of hydrogen-bond donors (Lipinski definition) is 1. The topological polar surface area (TPSA) is 139 Å². The van der Waals surface area contributed by atoms with Crippen molar-refractivity contribution in [3.05, 3.63) is 16.4 Å². The smallest absolute Gasteiger partial charge is 0.343 e. The second kappa shape index (κ2) is 4.29. The third-order valence-corrected chi connectivity index (χ3v) is 2.79. The minimum Gasteiger partial charge on any atom is -0.378 e. The maximum atomic E-state index is 10.8. The minimum absolute atomic E-state index is 0.0976. The summed E-state index contributed by atoms with van der Waals surface area (Å²) in [6.07, 6.45) is 1.15. The van der Waals surface area contributed by atoms with Crippen molar-refractivity contribution in [2.75, 3.05) is 5.73 Å². The predicted octanol–water partition coefficient (Wildman–Crippen LogP) is -0.358. The molecule has 0 unspecified atom stereocenters. The van der Waals surface area contributed by atoms with Gasteiger partial charge in [0, 0.05) is 7.05 Å². The van der Waals surface area contributed by atoms with E-state index in [0.29, 0.717) is 5.16 Å². The number of hydrogen-bond acceptors (Lipinski definition) is 9. The van der Waals surface area contributed by atoms with Crippen LogP contribution in [0, 0.1) is 10.1 Å². The number of nitrogens with zero attached hydrogens (tertiary/aromatic N) is 7. The fraction of sp³-hybridized carbons (Fsp3) is 0.167. The first-order valence-corrected chi connectivity index (χ1v) is 5.06. The van der Waals surface area contributed by atoms with Gasteiger partial charge in [0.05, 0.1) is 4.92 Å². The Balaban J connectivity index is 2.43. The average molecular weight is 254 g/mol. The zero-order valence-corrected chi connectivity index (χ0v) is 9.33. The summed E-state index contributed by atoms with van der Waals surface area (Å²) in [4.78, 5) is 17.6. The van der Waals surface area contributed by atoms with Crippen molar-refractivity contribution in [3.8, 4) is 0 Å².